The normalized spacial score (nSPS) is 9.89. The van der Waals surface area contributed by atoms with Crippen LogP contribution in [0.5, 0.6) is 0 Å². The molecule has 0 spiro atoms. The summed E-state index contributed by atoms with van der Waals surface area (Å²) < 4.78 is 4.70. The van der Waals surface area contributed by atoms with Gasteiger partial charge in [-0.1, -0.05) is 6.92 Å². The molecule has 0 aliphatic rings. The molecule has 6 heteroatoms. The fourth-order valence-electron chi connectivity index (χ4n) is 1.42. The van der Waals surface area contributed by atoms with Crippen LogP contribution in [0, 0.1) is 0 Å². The summed E-state index contributed by atoms with van der Waals surface area (Å²) in [5.41, 5.74) is 1.24. The second kappa shape index (κ2) is 7.71. The van der Waals surface area contributed by atoms with Crippen molar-refractivity contribution in [1.82, 2.24) is 10.6 Å². The van der Waals surface area contributed by atoms with Gasteiger partial charge >= 0.3 is 12.0 Å². The second-order valence-electron chi connectivity index (χ2n) is 3.56. The molecular weight excluding hydrogens is 252 g/mol. The highest BCUT2D eigenvalue weighted by Crippen LogP contribution is 2.16. The van der Waals surface area contributed by atoms with Crippen LogP contribution in [0.2, 0.25) is 0 Å². The van der Waals surface area contributed by atoms with Gasteiger partial charge < -0.3 is 15.4 Å². The topological polar surface area (TPSA) is 67.4 Å². The number of aryl methyl sites for hydroxylation is 1. The molecule has 1 rings (SSSR count). The number of carbonyl (C=O) groups is 2. The maximum absolute atomic E-state index is 11.4. The highest BCUT2D eigenvalue weighted by molar-refractivity contribution is 7.10. The molecule has 2 N–H and O–H groups in total. The number of nitrogens with one attached hydrogen (secondary N) is 2. The van der Waals surface area contributed by atoms with E-state index < -0.39 is 5.97 Å². The van der Waals surface area contributed by atoms with Crippen molar-refractivity contribution in [1.29, 1.82) is 0 Å². The van der Waals surface area contributed by atoms with Gasteiger partial charge in [-0.25, -0.2) is 4.79 Å². The molecule has 0 bridgehead atoms. The van der Waals surface area contributed by atoms with Crippen LogP contribution in [0.4, 0.5) is 4.79 Å². The van der Waals surface area contributed by atoms with Crippen molar-refractivity contribution in [2.24, 2.45) is 0 Å². The summed E-state index contributed by atoms with van der Waals surface area (Å²) >= 11 is 1.61. The molecule has 0 fully saturated rings. The fourth-order valence-corrected chi connectivity index (χ4v) is 2.34. The van der Waals surface area contributed by atoms with Crippen LogP contribution in [0.25, 0.3) is 0 Å². The summed E-state index contributed by atoms with van der Waals surface area (Å²) in [4.78, 5) is 23.6. The number of urea groups is 1. The van der Waals surface area contributed by atoms with Crippen LogP contribution in [0.3, 0.4) is 0 Å². The molecule has 0 unspecified atom stereocenters. The van der Waals surface area contributed by atoms with E-state index in [-0.39, 0.29) is 12.6 Å². The first-order valence-corrected chi connectivity index (χ1v) is 6.77. The second-order valence-corrected chi connectivity index (χ2v) is 4.56. The number of hydrogen-bond acceptors (Lipinski definition) is 4. The highest BCUT2D eigenvalue weighted by Gasteiger charge is 2.07. The minimum absolute atomic E-state index is 0.106. The number of rotatable bonds is 6. The predicted octanol–water partition coefficient (Wildman–Crippen LogP) is 1.67. The number of hydrogen-bond donors (Lipinski definition) is 2. The Morgan fingerprint density at radius 1 is 1.33 bits per heavy atom. The van der Waals surface area contributed by atoms with Crippen LogP contribution in [-0.2, 0) is 22.5 Å². The Kier molecular flexibility index (Phi) is 6.21. The zero-order valence-electron chi connectivity index (χ0n) is 10.6. The minimum Gasteiger partial charge on any atom is -0.465 e. The molecule has 1 heterocycles. The monoisotopic (exact) mass is 270 g/mol. The average molecular weight is 270 g/mol. The fraction of sp³-hybridized carbons (Fsp3) is 0.500. The van der Waals surface area contributed by atoms with Crippen molar-refractivity contribution >= 4 is 23.3 Å². The third kappa shape index (κ3) is 4.75. The Bertz CT molecular complexity index is 404. The summed E-state index contributed by atoms with van der Waals surface area (Å²) in [5.74, 6) is -0.432. The van der Waals surface area contributed by atoms with Crippen LogP contribution in [-0.4, -0.2) is 25.2 Å². The van der Waals surface area contributed by atoms with E-state index in [0.29, 0.717) is 13.2 Å². The number of esters is 1. The summed E-state index contributed by atoms with van der Waals surface area (Å²) in [6.45, 7) is 4.49. The molecular formula is C12H18N2O3S. The maximum atomic E-state index is 11.4. The molecule has 1 aromatic rings. The molecule has 0 aliphatic heterocycles. The first kappa shape index (κ1) is 14.5. The lowest BCUT2D eigenvalue weighted by molar-refractivity contribution is -0.141. The summed E-state index contributed by atoms with van der Waals surface area (Å²) in [6.07, 6.45) is 0.949. The van der Waals surface area contributed by atoms with Gasteiger partial charge in [-0.05, 0) is 30.4 Å². The van der Waals surface area contributed by atoms with E-state index in [1.807, 2.05) is 5.38 Å². The number of thiophene rings is 1. The Morgan fingerprint density at radius 2 is 2.11 bits per heavy atom. The number of amides is 2. The third-order valence-electron chi connectivity index (χ3n) is 2.33. The molecule has 18 heavy (non-hydrogen) atoms. The van der Waals surface area contributed by atoms with Crippen LogP contribution >= 0.6 is 11.3 Å². The largest absolute Gasteiger partial charge is 0.465 e. The van der Waals surface area contributed by atoms with Crippen molar-refractivity contribution < 1.29 is 14.3 Å². The van der Waals surface area contributed by atoms with Crippen molar-refractivity contribution in [2.45, 2.75) is 26.8 Å². The summed E-state index contributed by atoms with van der Waals surface area (Å²) in [6, 6.07) is 1.69. The number of carbonyl (C=O) groups excluding carboxylic acids is 2. The van der Waals surface area contributed by atoms with Crippen molar-refractivity contribution in [3.05, 3.63) is 21.9 Å². The molecule has 5 nitrogen and oxygen atoms in total. The Balaban J connectivity index is 2.27. The molecule has 0 saturated heterocycles. The number of ether oxygens (including phenoxy) is 1. The van der Waals surface area contributed by atoms with Gasteiger partial charge in [-0.3, -0.25) is 4.79 Å². The molecule has 1 aromatic heterocycles. The van der Waals surface area contributed by atoms with E-state index in [1.165, 1.54) is 5.56 Å². The van der Waals surface area contributed by atoms with Gasteiger partial charge in [-0.2, -0.15) is 0 Å². The SMILES string of the molecule is CCOC(=O)CNC(=O)NCc1sccc1CC. The molecule has 100 valence electrons. The molecule has 0 radical (unpaired) electrons. The van der Waals surface area contributed by atoms with Crippen LogP contribution < -0.4 is 10.6 Å². The zero-order chi connectivity index (χ0) is 13.4. The highest BCUT2D eigenvalue weighted by atomic mass is 32.1. The van der Waals surface area contributed by atoms with Gasteiger partial charge in [0.25, 0.3) is 0 Å². The average Bonchev–Trinajstić information content (AvgIpc) is 2.81. The Hall–Kier alpha value is -1.56. The molecule has 0 saturated carbocycles. The Labute approximate surface area is 111 Å². The summed E-state index contributed by atoms with van der Waals surface area (Å²) in [7, 11) is 0. The summed E-state index contributed by atoms with van der Waals surface area (Å²) in [5, 5.41) is 7.16. The maximum Gasteiger partial charge on any atom is 0.325 e. The van der Waals surface area contributed by atoms with E-state index in [1.54, 1.807) is 18.3 Å². The van der Waals surface area contributed by atoms with Crippen molar-refractivity contribution in [3.8, 4) is 0 Å². The van der Waals surface area contributed by atoms with Gasteiger partial charge in [0.15, 0.2) is 0 Å². The zero-order valence-corrected chi connectivity index (χ0v) is 11.4. The van der Waals surface area contributed by atoms with Gasteiger partial charge in [-0.15, -0.1) is 11.3 Å². The van der Waals surface area contributed by atoms with Crippen LogP contribution in [0.1, 0.15) is 24.3 Å². The minimum atomic E-state index is -0.432. The van der Waals surface area contributed by atoms with Gasteiger partial charge in [0.2, 0.25) is 0 Å². The lowest BCUT2D eigenvalue weighted by atomic mass is 10.2. The van der Waals surface area contributed by atoms with E-state index in [9.17, 15) is 9.59 Å². The molecule has 2 amide bonds. The lowest BCUT2D eigenvalue weighted by Crippen LogP contribution is -2.38. The molecule has 0 atom stereocenters. The van der Waals surface area contributed by atoms with E-state index in [4.69, 9.17) is 4.74 Å². The standard InChI is InChI=1S/C12H18N2O3S/c1-3-9-5-6-18-10(9)7-13-12(16)14-8-11(15)17-4-2/h5-6H,3-4,7-8H2,1-2H3,(H2,13,14,16). The quantitative estimate of drug-likeness (QED) is 0.773. The molecule has 0 aromatic carbocycles. The smallest absolute Gasteiger partial charge is 0.325 e. The van der Waals surface area contributed by atoms with E-state index in [0.717, 1.165) is 11.3 Å². The lowest BCUT2D eigenvalue weighted by Gasteiger charge is -2.07. The van der Waals surface area contributed by atoms with E-state index in [2.05, 4.69) is 23.6 Å². The van der Waals surface area contributed by atoms with Crippen molar-refractivity contribution in [3.63, 3.8) is 0 Å². The Morgan fingerprint density at radius 3 is 2.78 bits per heavy atom. The predicted molar refractivity (Wildman–Crippen MR) is 70.6 cm³/mol. The van der Waals surface area contributed by atoms with Gasteiger partial charge in [0.1, 0.15) is 6.54 Å². The first-order valence-electron chi connectivity index (χ1n) is 5.89. The third-order valence-corrected chi connectivity index (χ3v) is 3.29. The van der Waals surface area contributed by atoms with Gasteiger partial charge in [0, 0.05) is 4.88 Å². The van der Waals surface area contributed by atoms with Crippen molar-refractivity contribution in [2.75, 3.05) is 13.2 Å². The first-order chi connectivity index (χ1) is 8.67. The molecule has 0 aliphatic carbocycles. The van der Waals surface area contributed by atoms with Gasteiger partial charge in [0.05, 0.1) is 13.2 Å². The van der Waals surface area contributed by atoms with Crippen LogP contribution in [0.15, 0.2) is 11.4 Å². The van der Waals surface area contributed by atoms with E-state index >= 15 is 0 Å².